The van der Waals surface area contributed by atoms with Gasteiger partial charge in [0.1, 0.15) is 5.82 Å². The maximum atomic E-state index is 13.4. The lowest BCUT2D eigenvalue weighted by Crippen LogP contribution is -2.44. The third-order valence-corrected chi connectivity index (χ3v) is 7.62. The van der Waals surface area contributed by atoms with Crippen LogP contribution in [0, 0.1) is 5.92 Å². The van der Waals surface area contributed by atoms with Gasteiger partial charge in [-0.05, 0) is 55.9 Å². The Labute approximate surface area is 217 Å². The summed E-state index contributed by atoms with van der Waals surface area (Å²) >= 11 is 0. The number of hydrogen-bond acceptors (Lipinski definition) is 8. The molecule has 1 saturated carbocycles. The lowest BCUT2D eigenvalue weighted by atomic mass is 10.1. The van der Waals surface area contributed by atoms with Gasteiger partial charge in [0.05, 0.1) is 24.8 Å². The molecule has 9 heteroatoms. The van der Waals surface area contributed by atoms with E-state index in [1.807, 2.05) is 42.7 Å². The van der Waals surface area contributed by atoms with Crippen molar-refractivity contribution in [2.75, 3.05) is 62.7 Å². The molecule has 1 amide bonds. The van der Waals surface area contributed by atoms with Crippen molar-refractivity contribution < 1.29 is 9.53 Å². The lowest BCUT2D eigenvalue weighted by molar-refractivity contribution is 0.0161. The van der Waals surface area contributed by atoms with E-state index in [0.717, 1.165) is 66.9 Å². The van der Waals surface area contributed by atoms with E-state index >= 15 is 0 Å². The average Bonchev–Trinajstić information content (AvgIpc) is 3.62. The summed E-state index contributed by atoms with van der Waals surface area (Å²) in [5.74, 6) is 2.33. The third-order valence-electron chi connectivity index (χ3n) is 7.62. The number of nitrogens with zero attached hydrogens (tertiary/aromatic N) is 5. The summed E-state index contributed by atoms with van der Waals surface area (Å²) in [6, 6.07) is 9.68. The molecule has 3 fully saturated rings. The third kappa shape index (κ3) is 5.67. The molecule has 2 aliphatic heterocycles. The molecule has 6 rings (SSSR count). The van der Waals surface area contributed by atoms with Gasteiger partial charge < -0.3 is 20.3 Å². The minimum atomic E-state index is -0.0982. The van der Waals surface area contributed by atoms with Crippen molar-refractivity contribution >= 4 is 28.6 Å². The molecule has 1 aliphatic carbocycles. The minimum absolute atomic E-state index is 0.0215. The monoisotopic (exact) mass is 501 g/mol. The molecule has 2 N–H and O–H groups in total. The van der Waals surface area contributed by atoms with Crippen molar-refractivity contribution in [2.24, 2.45) is 5.92 Å². The van der Waals surface area contributed by atoms with Crippen LogP contribution in [-0.2, 0) is 4.74 Å². The smallest absolute Gasteiger partial charge is 0.252 e. The number of carbonyl (C=O) groups is 1. The molecule has 0 spiro atoms. The molecule has 194 valence electrons. The summed E-state index contributed by atoms with van der Waals surface area (Å²) in [5.41, 5.74) is 2.47. The number of amides is 1. The Hall–Kier alpha value is -3.30. The predicted octanol–water partition coefficient (Wildman–Crippen LogP) is 3.25. The van der Waals surface area contributed by atoms with Crippen LogP contribution in [0.25, 0.3) is 10.9 Å². The summed E-state index contributed by atoms with van der Waals surface area (Å²) in [7, 11) is 0. The molecule has 2 saturated heterocycles. The second-order valence-corrected chi connectivity index (χ2v) is 10.3. The fourth-order valence-electron chi connectivity index (χ4n) is 5.24. The number of carbonyl (C=O) groups excluding carboxylic acids is 1. The van der Waals surface area contributed by atoms with E-state index in [-0.39, 0.29) is 11.9 Å². The van der Waals surface area contributed by atoms with Gasteiger partial charge in [0.15, 0.2) is 0 Å². The highest BCUT2D eigenvalue weighted by atomic mass is 16.5. The highest BCUT2D eigenvalue weighted by Crippen LogP contribution is 2.29. The molecule has 1 aromatic carbocycles. The number of hydrogen-bond donors (Lipinski definition) is 2. The van der Waals surface area contributed by atoms with E-state index in [4.69, 9.17) is 9.72 Å². The molecular weight excluding hydrogens is 466 g/mol. The lowest BCUT2D eigenvalue weighted by Gasteiger charge is -2.34. The molecule has 9 nitrogen and oxygen atoms in total. The van der Waals surface area contributed by atoms with Gasteiger partial charge in [0.25, 0.3) is 5.91 Å². The minimum Gasteiger partial charge on any atom is -0.379 e. The van der Waals surface area contributed by atoms with E-state index in [2.05, 4.69) is 30.4 Å². The first-order chi connectivity index (χ1) is 18.2. The number of pyridine rings is 1. The molecule has 3 aliphatic rings. The fourth-order valence-corrected chi connectivity index (χ4v) is 5.24. The predicted molar refractivity (Wildman–Crippen MR) is 144 cm³/mol. The van der Waals surface area contributed by atoms with Gasteiger partial charge >= 0.3 is 0 Å². The second-order valence-electron chi connectivity index (χ2n) is 10.3. The van der Waals surface area contributed by atoms with Crippen LogP contribution >= 0.6 is 0 Å². The standard InChI is InChI=1S/C28H35N7O2/c36-27(23-4-3-5-24-22(23)8-9-26(33-24)29-16-20-6-7-20)30-19-25(34-12-14-37-15-13-34)21-17-31-28(32-18-21)35-10-1-2-11-35/h3-5,8-9,17-18,20,25H,1-2,6-7,10-16,19H2,(H,29,33)(H,30,36). The number of fused-ring (bicyclic) bond motifs is 1. The van der Waals surface area contributed by atoms with E-state index in [1.165, 1.54) is 25.7 Å². The zero-order chi connectivity index (χ0) is 25.0. The Bertz CT molecular complexity index is 1220. The molecule has 2 aromatic heterocycles. The molecule has 1 unspecified atom stereocenters. The first-order valence-corrected chi connectivity index (χ1v) is 13.5. The van der Waals surface area contributed by atoms with E-state index in [9.17, 15) is 4.79 Å². The molecule has 3 aromatic rings. The Kier molecular flexibility index (Phi) is 7.14. The molecule has 1 atom stereocenters. The van der Waals surface area contributed by atoms with Gasteiger partial charge in [0.2, 0.25) is 5.95 Å². The number of nitrogens with one attached hydrogen (secondary N) is 2. The first-order valence-electron chi connectivity index (χ1n) is 13.5. The van der Waals surface area contributed by atoms with E-state index < -0.39 is 0 Å². The summed E-state index contributed by atoms with van der Waals surface area (Å²) in [4.78, 5) is 32.0. The van der Waals surface area contributed by atoms with Crippen LogP contribution in [0.15, 0.2) is 42.7 Å². The molecule has 0 bridgehead atoms. The SMILES string of the molecule is O=C(NCC(c1cnc(N2CCCC2)nc1)N1CCOCC1)c1cccc2nc(NCC3CC3)ccc12. The Morgan fingerprint density at radius 1 is 1.03 bits per heavy atom. The topological polar surface area (TPSA) is 95.5 Å². The number of anilines is 2. The summed E-state index contributed by atoms with van der Waals surface area (Å²) in [5, 5.41) is 7.47. The number of ether oxygens (including phenoxy) is 1. The van der Waals surface area contributed by atoms with Crippen LogP contribution in [0.5, 0.6) is 0 Å². The van der Waals surface area contributed by atoms with Crippen molar-refractivity contribution in [3.8, 4) is 0 Å². The average molecular weight is 502 g/mol. The van der Waals surface area contributed by atoms with Crippen molar-refractivity contribution in [2.45, 2.75) is 31.7 Å². The van der Waals surface area contributed by atoms with Gasteiger partial charge in [0, 0.05) is 68.2 Å². The largest absolute Gasteiger partial charge is 0.379 e. The maximum Gasteiger partial charge on any atom is 0.252 e. The number of morpholine rings is 1. The van der Waals surface area contributed by atoms with Gasteiger partial charge in [-0.3, -0.25) is 9.69 Å². The van der Waals surface area contributed by atoms with Gasteiger partial charge in [-0.1, -0.05) is 6.07 Å². The van der Waals surface area contributed by atoms with Gasteiger partial charge in [-0.15, -0.1) is 0 Å². The van der Waals surface area contributed by atoms with Crippen LogP contribution in [-0.4, -0.2) is 78.2 Å². The molecule has 4 heterocycles. The van der Waals surface area contributed by atoms with E-state index in [1.54, 1.807) is 0 Å². The zero-order valence-corrected chi connectivity index (χ0v) is 21.2. The van der Waals surface area contributed by atoms with Crippen LogP contribution in [0.1, 0.15) is 47.6 Å². The summed E-state index contributed by atoms with van der Waals surface area (Å²) < 4.78 is 5.58. The van der Waals surface area contributed by atoms with Crippen LogP contribution in [0.2, 0.25) is 0 Å². The summed E-state index contributed by atoms with van der Waals surface area (Å²) in [6.07, 6.45) is 8.82. The second kappa shape index (κ2) is 11.0. The van der Waals surface area contributed by atoms with Crippen molar-refractivity contribution in [1.29, 1.82) is 0 Å². The van der Waals surface area contributed by atoms with Crippen LogP contribution in [0.3, 0.4) is 0 Å². The maximum absolute atomic E-state index is 13.4. The fraction of sp³-hybridized carbons (Fsp3) is 0.500. The van der Waals surface area contributed by atoms with Gasteiger partial charge in [-0.25, -0.2) is 15.0 Å². The highest BCUT2D eigenvalue weighted by molar-refractivity contribution is 6.06. The highest BCUT2D eigenvalue weighted by Gasteiger charge is 2.25. The van der Waals surface area contributed by atoms with E-state index in [0.29, 0.717) is 25.3 Å². The number of aromatic nitrogens is 3. The normalized spacial score (nSPS) is 19.2. The van der Waals surface area contributed by atoms with Gasteiger partial charge in [-0.2, -0.15) is 0 Å². The molecular formula is C28H35N7O2. The Morgan fingerprint density at radius 3 is 2.57 bits per heavy atom. The van der Waals surface area contributed by atoms with Crippen LogP contribution < -0.4 is 15.5 Å². The number of benzene rings is 1. The van der Waals surface area contributed by atoms with Crippen molar-refractivity contribution in [1.82, 2.24) is 25.2 Å². The Balaban J connectivity index is 1.17. The Morgan fingerprint density at radius 2 is 1.81 bits per heavy atom. The molecule has 0 radical (unpaired) electrons. The zero-order valence-electron chi connectivity index (χ0n) is 21.2. The van der Waals surface area contributed by atoms with Crippen LogP contribution in [0.4, 0.5) is 11.8 Å². The molecule has 37 heavy (non-hydrogen) atoms. The van der Waals surface area contributed by atoms with Crippen molar-refractivity contribution in [3.05, 3.63) is 53.9 Å². The first kappa shape index (κ1) is 24.1. The quantitative estimate of drug-likeness (QED) is 0.461. The summed E-state index contributed by atoms with van der Waals surface area (Å²) in [6.45, 7) is 6.44. The van der Waals surface area contributed by atoms with Crippen molar-refractivity contribution in [3.63, 3.8) is 0 Å². The number of rotatable bonds is 9.